The van der Waals surface area contributed by atoms with Crippen molar-refractivity contribution in [2.24, 2.45) is 0 Å². The van der Waals surface area contributed by atoms with Crippen molar-refractivity contribution in [3.63, 3.8) is 0 Å². The van der Waals surface area contributed by atoms with Crippen molar-refractivity contribution in [2.45, 2.75) is 11.7 Å². The summed E-state index contributed by atoms with van der Waals surface area (Å²) in [6, 6.07) is 0. The van der Waals surface area contributed by atoms with Crippen LogP contribution in [0.1, 0.15) is 0 Å². The predicted molar refractivity (Wildman–Crippen MR) is 38.8 cm³/mol. The third-order valence-corrected chi connectivity index (χ3v) is 1.34. The van der Waals surface area contributed by atoms with Crippen LogP contribution in [0.15, 0.2) is 0 Å². The van der Waals surface area contributed by atoms with Crippen LogP contribution in [0.4, 0.5) is 0 Å². The highest BCUT2D eigenvalue weighted by Crippen LogP contribution is 2.12. The van der Waals surface area contributed by atoms with Gasteiger partial charge in [0, 0.05) is 0 Å². The Kier molecular flexibility index (Phi) is 2.89. The third-order valence-electron chi connectivity index (χ3n) is 1.34. The highest BCUT2D eigenvalue weighted by atomic mass is 16.5. The predicted octanol–water partition coefficient (Wildman–Crippen LogP) is -3.73. The van der Waals surface area contributed by atoms with Crippen molar-refractivity contribution >= 4 is 21.8 Å². The summed E-state index contributed by atoms with van der Waals surface area (Å²) in [6.45, 7) is 0. The largest absolute Gasteiger partial charge is 0.481 e. The molecule has 4 N–H and O–H groups in total. The lowest BCUT2D eigenvalue weighted by molar-refractivity contribution is -0.185. The number of carboxylic acids is 1. The summed E-state index contributed by atoms with van der Waals surface area (Å²) in [6.07, 6.45) is 0. The SMILES string of the molecule is BNC(O)(O)C(B)C(=O)O. The molecule has 0 fully saturated rings. The average Bonchev–Trinajstić information content (AvgIpc) is 1.86. The number of carbonyl (C=O) groups is 1. The van der Waals surface area contributed by atoms with Crippen LogP contribution in [0, 0.1) is 0 Å². The quantitative estimate of drug-likeness (QED) is 0.242. The minimum Gasteiger partial charge on any atom is -0.481 e. The summed E-state index contributed by atoms with van der Waals surface area (Å²) >= 11 is 0. The molecule has 1 unspecified atom stereocenters. The number of hydrogen-bond donors (Lipinski definition) is 4. The summed E-state index contributed by atoms with van der Waals surface area (Å²) < 4.78 is 0. The van der Waals surface area contributed by atoms with Crippen molar-refractivity contribution in [1.82, 2.24) is 5.23 Å². The summed E-state index contributed by atoms with van der Waals surface area (Å²) in [5.41, 5.74) is 0. The van der Waals surface area contributed by atoms with Gasteiger partial charge in [-0.2, -0.15) is 0 Å². The monoisotopic (exact) mass is 145 g/mol. The Labute approximate surface area is 59.9 Å². The minimum atomic E-state index is -2.33. The molecule has 0 rings (SSSR count). The minimum absolute atomic E-state index is 1.19. The third kappa shape index (κ3) is 2.02. The summed E-state index contributed by atoms with van der Waals surface area (Å²) in [4.78, 5) is 10.1. The molecule has 0 aromatic heterocycles. The van der Waals surface area contributed by atoms with Gasteiger partial charge in [0.05, 0.1) is 5.82 Å². The van der Waals surface area contributed by atoms with E-state index in [1.807, 2.05) is 0 Å². The molecule has 1 atom stereocenters. The molecule has 0 aliphatic heterocycles. The fraction of sp³-hybridized carbons (Fsp3) is 0.667. The maximum Gasteiger partial charge on any atom is 0.305 e. The highest BCUT2D eigenvalue weighted by Gasteiger charge is 2.33. The first-order valence-electron chi connectivity index (χ1n) is 2.78. The zero-order valence-corrected chi connectivity index (χ0v) is 5.83. The molecule has 0 saturated heterocycles. The van der Waals surface area contributed by atoms with Gasteiger partial charge in [-0.05, 0) is 0 Å². The fourth-order valence-electron chi connectivity index (χ4n) is 0.389. The Morgan fingerprint density at radius 3 is 2.10 bits per heavy atom. The van der Waals surface area contributed by atoms with Crippen molar-refractivity contribution in [2.75, 3.05) is 0 Å². The standard InChI is InChI=1S/C3H9B2NO4/c4-1(2(7)8)3(9,10)6-5/h1,6,9-10H,4-5H2,(H,7,8). The average molecular weight is 145 g/mol. The van der Waals surface area contributed by atoms with E-state index in [2.05, 4.69) is 5.23 Å². The van der Waals surface area contributed by atoms with Crippen molar-refractivity contribution in [3.05, 3.63) is 0 Å². The van der Waals surface area contributed by atoms with E-state index in [9.17, 15) is 4.79 Å². The molecule has 0 bridgehead atoms. The van der Waals surface area contributed by atoms with Crippen LogP contribution < -0.4 is 5.23 Å². The summed E-state index contributed by atoms with van der Waals surface area (Å²) in [7, 11) is 2.46. The molecule has 0 aromatic rings. The molecule has 0 aliphatic carbocycles. The molecule has 56 valence electrons. The first-order valence-corrected chi connectivity index (χ1v) is 2.78. The van der Waals surface area contributed by atoms with Crippen LogP contribution in [0.25, 0.3) is 0 Å². The van der Waals surface area contributed by atoms with E-state index in [1.165, 1.54) is 15.8 Å². The number of aliphatic hydroxyl groups is 2. The van der Waals surface area contributed by atoms with Crippen LogP contribution in [0.2, 0.25) is 5.82 Å². The smallest absolute Gasteiger partial charge is 0.305 e. The van der Waals surface area contributed by atoms with E-state index in [0.717, 1.165) is 0 Å². The molecule has 0 heterocycles. The Balaban J connectivity index is 4.17. The maximum atomic E-state index is 10.1. The second-order valence-corrected chi connectivity index (χ2v) is 2.04. The lowest BCUT2D eigenvalue weighted by atomic mass is 9.83. The van der Waals surface area contributed by atoms with E-state index < -0.39 is 17.7 Å². The van der Waals surface area contributed by atoms with Gasteiger partial charge >= 0.3 is 5.97 Å². The van der Waals surface area contributed by atoms with E-state index in [1.54, 1.807) is 0 Å². The van der Waals surface area contributed by atoms with Crippen LogP contribution in [0.3, 0.4) is 0 Å². The number of nitrogens with one attached hydrogen (secondary N) is 1. The molecule has 0 amide bonds. The van der Waals surface area contributed by atoms with Crippen molar-refractivity contribution in [1.29, 1.82) is 0 Å². The molecular weight excluding hydrogens is 136 g/mol. The molecule has 7 heteroatoms. The molecule has 0 aromatic carbocycles. The molecule has 10 heavy (non-hydrogen) atoms. The summed E-state index contributed by atoms with van der Waals surface area (Å²) in [5, 5.41) is 28.0. The second-order valence-electron chi connectivity index (χ2n) is 2.04. The van der Waals surface area contributed by atoms with Gasteiger partial charge in [-0.15, -0.1) is 0 Å². The maximum absolute atomic E-state index is 10.1. The van der Waals surface area contributed by atoms with E-state index in [0.29, 0.717) is 0 Å². The molecule has 0 aliphatic rings. The topological polar surface area (TPSA) is 89.8 Å². The van der Waals surface area contributed by atoms with E-state index in [4.69, 9.17) is 15.3 Å². The van der Waals surface area contributed by atoms with Crippen LogP contribution in [-0.2, 0) is 4.79 Å². The molecule has 0 radical (unpaired) electrons. The number of aliphatic carboxylic acids is 1. The number of hydrogen-bond acceptors (Lipinski definition) is 4. The van der Waals surface area contributed by atoms with Gasteiger partial charge in [0.15, 0.2) is 7.98 Å². The lowest BCUT2D eigenvalue weighted by Gasteiger charge is -2.24. The Morgan fingerprint density at radius 2 is 2.00 bits per heavy atom. The molecule has 0 spiro atoms. The fourth-order valence-corrected chi connectivity index (χ4v) is 0.389. The Bertz CT molecular complexity index is 138. The van der Waals surface area contributed by atoms with Crippen molar-refractivity contribution < 1.29 is 20.1 Å². The normalized spacial score (nSPS) is 14.6. The van der Waals surface area contributed by atoms with Gasteiger partial charge in [-0.1, -0.05) is 0 Å². The van der Waals surface area contributed by atoms with Gasteiger partial charge in [-0.25, -0.2) is 0 Å². The van der Waals surface area contributed by atoms with Crippen LogP contribution >= 0.6 is 0 Å². The lowest BCUT2D eigenvalue weighted by Crippen LogP contribution is -2.50. The van der Waals surface area contributed by atoms with Crippen molar-refractivity contribution in [3.8, 4) is 0 Å². The van der Waals surface area contributed by atoms with E-state index in [-0.39, 0.29) is 0 Å². The molecular formula is C3H9B2NO4. The zero-order valence-electron chi connectivity index (χ0n) is 5.83. The second kappa shape index (κ2) is 3.05. The Morgan fingerprint density at radius 1 is 1.60 bits per heavy atom. The first-order chi connectivity index (χ1) is 4.41. The van der Waals surface area contributed by atoms with Gasteiger partial charge in [0.25, 0.3) is 0 Å². The molecule has 0 saturated carbocycles. The van der Waals surface area contributed by atoms with Gasteiger partial charge < -0.3 is 20.5 Å². The summed E-state index contributed by atoms with van der Waals surface area (Å²) in [5.74, 6) is -4.84. The Hall–Kier alpha value is -0.520. The zero-order chi connectivity index (χ0) is 8.36. The van der Waals surface area contributed by atoms with E-state index >= 15 is 0 Å². The molecule has 5 nitrogen and oxygen atoms in total. The van der Waals surface area contributed by atoms with Gasteiger partial charge in [0.1, 0.15) is 7.85 Å². The number of carboxylic acid groups (broad SMARTS) is 1. The number of rotatable bonds is 3. The van der Waals surface area contributed by atoms with Gasteiger partial charge in [0.2, 0.25) is 5.91 Å². The van der Waals surface area contributed by atoms with Crippen LogP contribution in [0.5, 0.6) is 0 Å². The van der Waals surface area contributed by atoms with Crippen LogP contribution in [-0.4, -0.2) is 43.0 Å². The first kappa shape index (κ1) is 9.48. The van der Waals surface area contributed by atoms with Gasteiger partial charge in [-0.3, -0.25) is 4.79 Å². The highest BCUT2D eigenvalue weighted by molar-refractivity contribution is 6.23.